The van der Waals surface area contributed by atoms with E-state index in [9.17, 15) is 28.2 Å². The molecule has 0 fully saturated rings. The lowest BCUT2D eigenvalue weighted by Crippen LogP contribution is -2.02. The van der Waals surface area contributed by atoms with Gasteiger partial charge in [0.15, 0.2) is 11.4 Å². The minimum atomic E-state index is -4.78. The zero-order chi connectivity index (χ0) is 19.8. The molecule has 0 unspecified atom stereocenters. The van der Waals surface area contributed by atoms with Gasteiger partial charge in [-0.2, -0.15) is 13.5 Å². The predicted molar refractivity (Wildman–Crippen MR) is 97.1 cm³/mol. The van der Waals surface area contributed by atoms with Gasteiger partial charge in [0.1, 0.15) is 4.90 Å². The molecular weight excluding hydrogens is 376 g/mol. The maximum absolute atomic E-state index is 11.9. The number of nitrogens with zero attached hydrogens (tertiary/aromatic N) is 3. The number of non-ortho nitro benzene ring substituents is 1. The molecule has 0 aliphatic rings. The smallest absolute Gasteiger partial charge is 0.297 e. The van der Waals surface area contributed by atoms with Crippen LogP contribution >= 0.6 is 0 Å². The highest BCUT2D eigenvalue weighted by Crippen LogP contribution is 2.45. The van der Waals surface area contributed by atoms with Crippen LogP contribution in [-0.2, 0) is 10.1 Å². The molecule has 0 amide bonds. The Kier molecular flexibility index (Phi) is 4.47. The molecule has 11 heteroatoms. The summed E-state index contributed by atoms with van der Waals surface area (Å²) in [6, 6.07) is 11.0. The fourth-order valence-corrected chi connectivity index (χ4v) is 3.35. The monoisotopic (exact) mass is 388 g/mol. The summed E-state index contributed by atoms with van der Waals surface area (Å²) in [6.45, 7) is 0. The SMILES string of the molecule is Nc1c(O)c(N=Nc2ccc([N+](=O)[O-])cc2)c(S(=O)(=O)O)c2ccccc12. The molecule has 3 aromatic rings. The van der Waals surface area contributed by atoms with Crippen molar-refractivity contribution in [1.29, 1.82) is 0 Å². The Hall–Kier alpha value is -3.57. The molecule has 0 heterocycles. The number of nitrogen functional groups attached to an aromatic ring is 1. The van der Waals surface area contributed by atoms with E-state index in [1.165, 1.54) is 42.5 Å². The van der Waals surface area contributed by atoms with Gasteiger partial charge in [-0.15, -0.1) is 5.11 Å². The van der Waals surface area contributed by atoms with E-state index >= 15 is 0 Å². The van der Waals surface area contributed by atoms with Crippen LogP contribution in [0.1, 0.15) is 0 Å². The number of nitro benzene ring substituents is 1. The van der Waals surface area contributed by atoms with Crippen LogP contribution in [-0.4, -0.2) is 23.0 Å². The van der Waals surface area contributed by atoms with Gasteiger partial charge in [-0.25, -0.2) is 0 Å². The first-order valence-corrected chi connectivity index (χ1v) is 8.81. The van der Waals surface area contributed by atoms with Crippen LogP contribution in [0.25, 0.3) is 10.8 Å². The first-order chi connectivity index (χ1) is 12.7. The zero-order valence-electron chi connectivity index (χ0n) is 13.5. The fourth-order valence-electron chi connectivity index (χ4n) is 2.51. The van der Waals surface area contributed by atoms with Gasteiger partial charge < -0.3 is 10.8 Å². The Balaban J connectivity index is 2.21. The molecular formula is C16H12N4O6S. The molecule has 0 radical (unpaired) electrons. The molecule has 0 atom stereocenters. The lowest BCUT2D eigenvalue weighted by atomic mass is 10.1. The lowest BCUT2D eigenvalue weighted by molar-refractivity contribution is -0.384. The van der Waals surface area contributed by atoms with Crippen LogP contribution in [0.4, 0.5) is 22.7 Å². The number of hydrogen-bond donors (Lipinski definition) is 3. The fraction of sp³-hybridized carbons (Fsp3) is 0. The Bertz CT molecular complexity index is 1190. The van der Waals surface area contributed by atoms with E-state index < -0.39 is 31.4 Å². The number of hydrogen-bond acceptors (Lipinski definition) is 8. The molecule has 10 nitrogen and oxygen atoms in total. The van der Waals surface area contributed by atoms with Crippen molar-refractivity contribution in [1.82, 2.24) is 0 Å². The van der Waals surface area contributed by atoms with E-state index in [1.807, 2.05) is 0 Å². The quantitative estimate of drug-likeness (QED) is 0.153. The van der Waals surface area contributed by atoms with Crippen LogP contribution in [0.5, 0.6) is 5.75 Å². The van der Waals surface area contributed by atoms with Crippen molar-refractivity contribution in [3.05, 3.63) is 58.6 Å². The highest BCUT2D eigenvalue weighted by Gasteiger charge is 2.25. The average molecular weight is 388 g/mol. The van der Waals surface area contributed by atoms with Crippen molar-refractivity contribution in [3.63, 3.8) is 0 Å². The third-order valence-corrected chi connectivity index (χ3v) is 4.67. The summed E-state index contributed by atoms with van der Waals surface area (Å²) in [5, 5.41) is 28.7. The second-order valence-corrected chi connectivity index (χ2v) is 6.79. The van der Waals surface area contributed by atoms with E-state index in [2.05, 4.69) is 10.2 Å². The third kappa shape index (κ3) is 3.41. The van der Waals surface area contributed by atoms with Gasteiger partial charge in [0.2, 0.25) is 0 Å². The van der Waals surface area contributed by atoms with Gasteiger partial charge in [0, 0.05) is 22.9 Å². The maximum atomic E-state index is 11.9. The molecule has 27 heavy (non-hydrogen) atoms. The van der Waals surface area contributed by atoms with E-state index in [1.54, 1.807) is 6.07 Å². The summed E-state index contributed by atoms with van der Waals surface area (Å²) in [5.74, 6) is -0.660. The summed E-state index contributed by atoms with van der Waals surface area (Å²) in [7, 11) is -4.78. The molecule has 138 valence electrons. The number of phenols is 1. The van der Waals surface area contributed by atoms with Crippen LogP contribution in [0, 0.1) is 10.1 Å². The third-order valence-electron chi connectivity index (χ3n) is 3.74. The van der Waals surface area contributed by atoms with Crippen molar-refractivity contribution < 1.29 is 23.0 Å². The van der Waals surface area contributed by atoms with Gasteiger partial charge >= 0.3 is 0 Å². The van der Waals surface area contributed by atoms with Gasteiger partial charge in [0.05, 0.1) is 16.3 Å². The highest BCUT2D eigenvalue weighted by atomic mass is 32.2. The Morgan fingerprint density at radius 2 is 1.59 bits per heavy atom. The first kappa shape index (κ1) is 18.2. The number of fused-ring (bicyclic) bond motifs is 1. The van der Waals surface area contributed by atoms with Crippen molar-refractivity contribution in [2.45, 2.75) is 4.90 Å². The molecule has 0 saturated heterocycles. The number of azo groups is 1. The standard InChI is InChI=1S/C16H12N4O6S/c17-13-11-3-1-2-4-12(11)16(27(24,25)26)14(15(13)21)19-18-9-5-7-10(8-6-9)20(22)23/h1-8,21H,17H2,(H,24,25,26). The summed E-state index contributed by atoms with van der Waals surface area (Å²) < 4.78 is 33.4. The van der Waals surface area contributed by atoms with Gasteiger partial charge in [-0.05, 0) is 12.1 Å². The highest BCUT2D eigenvalue weighted by molar-refractivity contribution is 7.86. The number of benzene rings is 3. The topological polar surface area (TPSA) is 168 Å². The zero-order valence-corrected chi connectivity index (χ0v) is 14.3. The second kappa shape index (κ2) is 6.63. The molecule has 0 saturated carbocycles. The van der Waals surface area contributed by atoms with Crippen LogP contribution in [0.3, 0.4) is 0 Å². The molecule has 3 aromatic carbocycles. The normalized spacial score (nSPS) is 11.9. The number of nitro groups is 1. The van der Waals surface area contributed by atoms with Crippen LogP contribution in [0.2, 0.25) is 0 Å². The van der Waals surface area contributed by atoms with Crippen molar-refractivity contribution in [2.24, 2.45) is 10.2 Å². The molecule has 0 aromatic heterocycles. The summed E-state index contributed by atoms with van der Waals surface area (Å²) in [6.07, 6.45) is 0. The largest absolute Gasteiger partial charge is 0.504 e. The predicted octanol–water partition coefficient (Wildman–Crippen LogP) is 3.70. The minimum Gasteiger partial charge on any atom is -0.504 e. The van der Waals surface area contributed by atoms with E-state index in [-0.39, 0.29) is 27.8 Å². The van der Waals surface area contributed by atoms with Crippen molar-refractivity contribution >= 4 is 43.6 Å². The summed E-state index contributed by atoms with van der Waals surface area (Å²) in [4.78, 5) is 9.43. The molecule has 0 aliphatic carbocycles. The van der Waals surface area contributed by atoms with Gasteiger partial charge in [-0.1, -0.05) is 24.3 Å². The first-order valence-electron chi connectivity index (χ1n) is 7.37. The van der Waals surface area contributed by atoms with E-state index in [4.69, 9.17) is 5.73 Å². The maximum Gasteiger partial charge on any atom is 0.297 e. The summed E-state index contributed by atoms with van der Waals surface area (Å²) in [5.41, 5.74) is 5.18. The molecule has 0 bridgehead atoms. The molecule has 3 rings (SSSR count). The van der Waals surface area contributed by atoms with Gasteiger partial charge in [-0.3, -0.25) is 14.7 Å². The number of anilines is 1. The van der Waals surface area contributed by atoms with Gasteiger partial charge in [0.25, 0.3) is 15.8 Å². The van der Waals surface area contributed by atoms with E-state index in [0.717, 1.165) is 0 Å². The van der Waals surface area contributed by atoms with Crippen LogP contribution in [0.15, 0.2) is 63.7 Å². The molecule has 0 spiro atoms. The Labute approximate surface area is 152 Å². The number of rotatable bonds is 4. The number of nitrogens with two attached hydrogens (primary N) is 1. The van der Waals surface area contributed by atoms with Crippen LogP contribution < -0.4 is 5.73 Å². The molecule has 0 aliphatic heterocycles. The Morgan fingerprint density at radius 3 is 2.15 bits per heavy atom. The molecule has 4 N–H and O–H groups in total. The number of phenolic OH excluding ortho intramolecular Hbond substituents is 1. The number of aromatic hydroxyl groups is 1. The second-order valence-electron chi connectivity index (χ2n) is 5.43. The summed E-state index contributed by atoms with van der Waals surface area (Å²) >= 11 is 0. The average Bonchev–Trinajstić information content (AvgIpc) is 2.62. The van der Waals surface area contributed by atoms with Crippen molar-refractivity contribution in [2.75, 3.05) is 5.73 Å². The Morgan fingerprint density at radius 1 is 1.00 bits per heavy atom. The van der Waals surface area contributed by atoms with E-state index in [0.29, 0.717) is 0 Å². The van der Waals surface area contributed by atoms with Crippen molar-refractivity contribution in [3.8, 4) is 5.75 Å². The lowest BCUT2D eigenvalue weighted by Gasteiger charge is -2.12. The minimum absolute atomic E-state index is 0.0629.